The molecule has 0 saturated carbocycles. The molecule has 0 fully saturated rings. The van der Waals surface area contributed by atoms with E-state index < -0.39 is 5.92 Å². The molecule has 0 saturated heterocycles. The fraction of sp³-hybridized carbons (Fsp3) is 0.263. The van der Waals surface area contributed by atoms with E-state index in [1.165, 1.54) is 6.20 Å². The number of benzene rings is 1. The molecular formula is C19H20N4O4. The number of pyridine rings is 1. The van der Waals surface area contributed by atoms with Crippen LogP contribution in [-0.2, 0) is 9.59 Å². The number of carbonyl (C=O) groups is 3. The minimum Gasteiger partial charge on any atom is -0.497 e. The van der Waals surface area contributed by atoms with Gasteiger partial charge in [-0.05, 0) is 35.9 Å². The van der Waals surface area contributed by atoms with Gasteiger partial charge in [0, 0.05) is 37.6 Å². The molecule has 0 spiro atoms. The lowest BCUT2D eigenvalue weighted by Crippen LogP contribution is -2.39. The highest BCUT2D eigenvalue weighted by Gasteiger charge is 2.30. The summed E-state index contributed by atoms with van der Waals surface area (Å²) in [6, 6.07) is 8.54. The molecular weight excluding hydrogens is 348 g/mol. The summed E-state index contributed by atoms with van der Waals surface area (Å²) < 4.78 is 5.21. The Labute approximate surface area is 156 Å². The Morgan fingerprint density at radius 3 is 2.81 bits per heavy atom. The molecule has 27 heavy (non-hydrogen) atoms. The van der Waals surface area contributed by atoms with Crippen LogP contribution in [0.4, 0.5) is 5.69 Å². The summed E-state index contributed by atoms with van der Waals surface area (Å²) in [6.07, 6.45) is 3.12. The van der Waals surface area contributed by atoms with Crippen molar-refractivity contribution in [1.29, 1.82) is 0 Å². The average molecular weight is 368 g/mol. The van der Waals surface area contributed by atoms with Crippen molar-refractivity contribution in [3.05, 3.63) is 53.9 Å². The molecule has 1 aromatic heterocycles. The molecule has 0 aliphatic carbocycles. The molecule has 2 aromatic rings. The molecule has 8 nitrogen and oxygen atoms in total. The smallest absolute Gasteiger partial charge is 0.252 e. The highest BCUT2D eigenvalue weighted by molar-refractivity contribution is 6.01. The third kappa shape index (κ3) is 4.41. The maximum Gasteiger partial charge on any atom is 0.252 e. The second-order valence-corrected chi connectivity index (χ2v) is 6.05. The number of nitrogens with zero attached hydrogens (tertiary/aromatic N) is 1. The first-order valence-corrected chi connectivity index (χ1v) is 8.52. The molecule has 1 aliphatic rings. The van der Waals surface area contributed by atoms with Gasteiger partial charge < -0.3 is 20.7 Å². The summed E-state index contributed by atoms with van der Waals surface area (Å²) in [5.74, 6) is -0.721. The van der Waals surface area contributed by atoms with Crippen LogP contribution in [0, 0.1) is 0 Å². The molecule has 3 rings (SSSR count). The van der Waals surface area contributed by atoms with E-state index in [0.29, 0.717) is 22.6 Å². The van der Waals surface area contributed by atoms with Gasteiger partial charge in [-0.25, -0.2) is 0 Å². The monoisotopic (exact) mass is 368 g/mol. The SMILES string of the molecule is COc1ccc2c(c1)C(C(=O)NCCNC(=O)c1cccnc1)CC(=O)N2. The quantitative estimate of drug-likeness (QED) is 0.661. The molecule has 2 heterocycles. The van der Waals surface area contributed by atoms with E-state index in [-0.39, 0.29) is 37.2 Å². The van der Waals surface area contributed by atoms with Gasteiger partial charge in [-0.15, -0.1) is 0 Å². The van der Waals surface area contributed by atoms with E-state index >= 15 is 0 Å². The van der Waals surface area contributed by atoms with Gasteiger partial charge >= 0.3 is 0 Å². The number of ether oxygens (including phenoxy) is 1. The van der Waals surface area contributed by atoms with E-state index in [1.54, 1.807) is 43.6 Å². The highest BCUT2D eigenvalue weighted by Crippen LogP contribution is 2.34. The number of hydrogen-bond acceptors (Lipinski definition) is 5. The fourth-order valence-electron chi connectivity index (χ4n) is 2.88. The molecule has 3 N–H and O–H groups in total. The van der Waals surface area contributed by atoms with Crippen LogP contribution in [0.2, 0.25) is 0 Å². The Hall–Kier alpha value is -3.42. The fourth-order valence-corrected chi connectivity index (χ4v) is 2.88. The first-order valence-electron chi connectivity index (χ1n) is 8.52. The van der Waals surface area contributed by atoms with E-state index in [0.717, 1.165) is 0 Å². The highest BCUT2D eigenvalue weighted by atomic mass is 16.5. The third-order valence-corrected chi connectivity index (χ3v) is 4.25. The maximum absolute atomic E-state index is 12.6. The van der Waals surface area contributed by atoms with Gasteiger partial charge in [0.1, 0.15) is 5.75 Å². The second-order valence-electron chi connectivity index (χ2n) is 6.05. The van der Waals surface area contributed by atoms with Crippen LogP contribution in [0.25, 0.3) is 0 Å². The van der Waals surface area contributed by atoms with Crippen molar-refractivity contribution in [2.24, 2.45) is 0 Å². The Morgan fingerprint density at radius 1 is 1.26 bits per heavy atom. The van der Waals surface area contributed by atoms with E-state index in [9.17, 15) is 14.4 Å². The second kappa shape index (κ2) is 8.31. The Kier molecular flexibility index (Phi) is 5.65. The summed E-state index contributed by atoms with van der Waals surface area (Å²) in [5, 5.41) is 8.24. The first kappa shape index (κ1) is 18.4. The Morgan fingerprint density at radius 2 is 2.07 bits per heavy atom. The zero-order valence-corrected chi connectivity index (χ0v) is 14.8. The molecule has 8 heteroatoms. The molecule has 1 unspecified atom stereocenters. The number of hydrogen-bond donors (Lipinski definition) is 3. The van der Waals surface area contributed by atoms with Crippen LogP contribution in [-0.4, -0.2) is 42.9 Å². The van der Waals surface area contributed by atoms with Crippen LogP contribution in [0.15, 0.2) is 42.7 Å². The predicted molar refractivity (Wildman–Crippen MR) is 98.6 cm³/mol. The number of methoxy groups -OCH3 is 1. The van der Waals surface area contributed by atoms with E-state index in [2.05, 4.69) is 20.9 Å². The lowest BCUT2D eigenvalue weighted by atomic mass is 9.89. The Bertz CT molecular complexity index is 854. The molecule has 1 atom stereocenters. The van der Waals surface area contributed by atoms with Crippen molar-refractivity contribution in [3.63, 3.8) is 0 Å². The molecule has 0 radical (unpaired) electrons. The zero-order chi connectivity index (χ0) is 19.2. The lowest BCUT2D eigenvalue weighted by Gasteiger charge is -2.25. The standard InChI is InChI=1S/C19H20N4O4/c1-27-13-4-5-16-14(9-13)15(10-17(24)23-16)19(26)22-8-7-21-18(25)12-3-2-6-20-11-12/h2-6,9,11,15H,7-8,10H2,1H3,(H,21,25)(H,22,26)(H,23,24). The van der Waals surface area contributed by atoms with Crippen LogP contribution < -0.4 is 20.7 Å². The van der Waals surface area contributed by atoms with Crippen molar-refractivity contribution in [1.82, 2.24) is 15.6 Å². The van der Waals surface area contributed by atoms with Crippen LogP contribution in [0.5, 0.6) is 5.75 Å². The molecule has 3 amide bonds. The number of nitrogens with one attached hydrogen (secondary N) is 3. The maximum atomic E-state index is 12.6. The van der Waals surface area contributed by atoms with Gasteiger partial charge in [0.25, 0.3) is 5.91 Å². The molecule has 1 aromatic carbocycles. The lowest BCUT2D eigenvalue weighted by molar-refractivity contribution is -0.126. The number of aromatic nitrogens is 1. The van der Waals surface area contributed by atoms with Crippen LogP contribution >= 0.6 is 0 Å². The van der Waals surface area contributed by atoms with Crippen molar-refractivity contribution >= 4 is 23.4 Å². The van der Waals surface area contributed by atoms with Gasteiger partial charge in [-0.1, -0.05) is 0 Å². The van der Waals surface area contributed by atoms with Gasteiger partial charge in [0.15, 0.2) is 0 Å². The van der Waals surface area contributed by atoms with Crippen molar-refractivity contribution < 1.29 is 19.1 Å². The van der Waals surface area contributed by atoms with Gasteiger partial charge in [0.05, 0.1) is 18.6 Å². The van der Waals surface area contributed by atoms with Crippen molar-refractivity contribution in [3.8, 4) is 5.75 Å². The van der Waals surface area contributed by atoms with Gasteiger partial charge in [-0.2, -0.15) is 0 Å². The Balaban J connectivity index is 1.57. The summed E-state index contributed by atoms with van der Waals surface area (Å²) in [7, 11) is 1.54. The number of fused-ring (bicyclic) bond motifs is 1. The van der Waals surface area contributed by atoms with Gasteiger partial charge in [0.2, 0.25) is 11.8 Å². The van der Waals surface area contributed by atoms with Crippen molar-refractivity contribution in [2.75, 3.05) is 25.5 Å². The van der Waals surface area contributed by atoms with Crippen LogP contribution in [0.1, 0.15) is 28.3 Å². The molecule has 0 bridgehead atoms. The number of rotatable bonds is 6. The molecule has 140 valence electrons. The van der Waals surface area contributed by atoms with Gasteiger partial charge in [-0.3, -0.25) is 19.4 Å². The van der Waals surface area contributed by atoms with Crippen molar-refractivity contribution in [2.45, 2.75) is 12.3 Å². The van der Waals surface area contributed by atoms with E-state index in [1.807, 2.05) is 0 Å². The summed E-state index contributed by atoms with van der Waals surface area (Å²) >= 11 is 0. The number of amides is 3. The zero-order valence-electron chi connectivity index (χ0n) is 14.8. The summed E-state index contributed by atoms with van der Waals surface area (Å²) in [6.45, 7) is 0.519. The van der Waals surface area contributed by atoms with Crippen LogP contribution in [0.3, 0.4) is 0 Å². The molecule has 1 aliphatic heterocycles. The minimum atomic E-state index is -0.599. The topological polar surface area (TPSA) is 109 Å². The number of anilines is 1. The average Bonchev–Trinajstić information content (AvgIpc) is 2.70. The number of carbonyl (C=O) groups excluding carboxylic acids is 3. The minimum absolute atomic E-state index is 0.0635. The third-order valence-electron chi connectivity index (χ3n) is 4.25. The summed E-state index contributed by atoms with van der Waals surface area (Å²) in [5.41, 5.74) is 1.77. The largest absolute Gasteiger partial charge is 0.497 e. The summed E-state index contributed by atoms with van der Waals surface area (Å²) in [4.78, 5) is 40.3. The van der Waals surface area contributed by atoms with E-state index in [4.69, 9.17) is 4.74 Å². The first-order chi connectivity index (χ1) is 13.1. The normalized spacial score (nSPS) is 15.3. The predicted octanol–water partition coefficient (Wildman–Crippen LogP) is 1.06.